The first-order valence-corrected chi connectivity index (χ1v) is 8.46. The van der Waals surface area contributed by atoms with Gasteiger partial charge in [0.1, 0.15) is 17.5 Å². The van der Waals surface area contributed by atoms with Crippen LogP contribution in [-0.4, -0.2) is 23.1 Å². The average molecular weight is 310 g/mol. The monoisotopic (exact) mass is 310 g/mol. The van der Waals surface area contributed by atoms with Crippen LogP contribution in [0.4, 0.5) is 17.3 Å². The SMILES string of the molecule is Cc1ccc(Nc2cc(N3CCC(C)CC3)nc(C)n2)c(C)c1. The van der Waals surface area contributed by atoms with Crippen molar-refractivity contribution in [1.82, 2.24) is 9.97 Å². The summed E-state index contributed by atoms with van der Waals surface area (Å²) in [5.74, 6) is 3.55. The van der Waals surface area contributed by atoms with Gasteiger partial charge in [0, 0.05) is 24.8 Å². The first-order chi connectivity index (χ1) is 11.0. The van der Waals surface area contributed by atoms with Gasteiger partial charge in [-0.25, -0.2) is 9.97 Å². The summed E-state index contributed by atoms with van der Waals surface area (Å²) in [7, 11) is 0. The zero-order valence-electron chi connectivity index (χ0n) is 14.6. The highest BCUT2D eigenvalue weighted by Crippen LogP contribution is 2.25. The van der Waals surface area contributed by atoms with Crippen molar-refractivity contribution in [3.05, 3.63) is 41.2 Å². The van der Waals surface area contributed by atoms with Crippen LogP contribution in [0.25, 0.3) is 0 Å². The third kappa shape index (κ3) is 3.81. The van der Waals surface area contributed by atoms with Crippen molar-refractivity contribution >= 4 is 17.3 Å². The highest BCUT2D eigenvalue weighted by molar-refractivity contribution is 5.63. The van der Waals surface area contributed by atoms with Gasteiger partial charge in [-0.2, -0.15) is 0 Å². The molecule has 0 spiro atoms. The Bertz CT molecular complexity index is 688. The molecule has 4 nitrogen and oxygen atoms in total. The van der Waals surface area contributed by atoms with Gasteiger partial charge in [-0.15, -0.1) is 0 Å². The summed E-state index contributed by atoms with van der Waals surface area (Å²) in [5.41, 5.74) is 3.61. The van der Waals surface area contributed by atoms with Crippen LogP contribution in [0.15, 0.2) is 24.3 Å². The second kappa shape index (κ2) is 6.57. The average Bonchev–Trinajstić information content (AvgIpc) is 2.50. The Balaban J connectivity index is 1.82. The zero-order valence-corrected chi connectivity index (χ0v) is 14.6. The van der Waals surface area contributed by atoms with E-state index in [0.29, 0.717) is 0 Å². The molecule has 0 atom stereocenters. The zero-order chi connectivity index (χ0) is 16.4. The van der Waals surface area contributed by atoms with E-state index < -0.39 is 0 Å². The quantitative estimate of drug-likeness (QED) is 0.913. The molecule has 1 aromatic carbocycles. The molecule has 3 rings (SSSR count). The molecule has 0 aliphatic carbocycles. The summed E-state index contributed by atoms with van der Waals surface area (Å²) in [6.07, 6.45) is 2.48. The summed E-state index contributed by atoms with van der Waals surface area (Å²) in [6, 6.07) is 8.49. The maximum atomic E-state index is 4.64. The van der Waals surface area contributed by atoms with Crippen molar-refractivity contribution in [2.75, 3.05) is 23.3 Å². The summed E-state index contributed by atoms with van der Waals surface area (Å²) in [6.45, 7) is 10.7. The fraction of sp³-hybridized carbons (Fsp3) is 0.474. The molecule has 1 aliphatic heterocycles. The molecule has 0 radical (unpaired) electrons. The van der Waals surface area contributed by atoms with Gasteiger partial charge in [0.15, 0.2) is 0 Å². The van der Waals surface area contributed by atoms with E-state index in [-0.39, 0.29) is 0 Å². The minimum absolute atomic E-state index is 0.813. The van der Waals surface area contributed by atoms with Crippen molar-refractivity contribution in [2.45, 2.75) is 40.5 Å². The van der Waals surface area contributed by atoms with Crippen LogP contribution in [-0.2, 0) is 0 Å². The van der Waals surface area contributed by atoms with E-state index in [2.05, 4.69) is 65.2 Å². The molecular weight excluding hydrogens is 284 g/mol. The lowest BCUT2D eigenvalue weighted by Crippen LogP contribution is -2.33. The minimum atomic E-state index is 0.813. The fourth-order valence-electron chi connectivity index (χ4n) is 3.11. The van der Waals surface area contributed by atoms with E-state index in [1.165, 1.54) is 24.0 Å². The third-order valence-electron chi connectivity index (χ3n) is 4.58. The summed E-state index contributed by atoms with van der Waals surface area (Å²) >= 11 is 0. The molecule has 1 aliphatic rings. The minimum Gasteiger partial charge on any atom is -0.356 e. The van der Waals surface area contributed by atoms with E-state index in [9.17, 15) is 0 Å². The molecule has 122 valence electrons. The Hall–Kier alpha value is -2.10. The van der Waals surface area contributed by atoms with Gasteiger partial charge in [-0.05, 0) is 51.2 Å². The van der Waals surface area contributed by atoms with Gasteiger partial charge in [-0.3, -0.25) is 0 Å². The van der Waals surface area contributed by atoms with Crippen LogP contribution in [0.1, 0.15) is 36.7 Å². The van der Waals surface area contributed by atoms with E-state index in [4.69, 9.17) is 0 Å². The smallest absolute Gasteiger partial charge is 0.136 e. The van der Waals surface area contributed by atoms with E-state index >= 15 is 0 Å². The summed E-state index contributed by atoms with van der Waals surface area (Å²) in [4.78, 5) is 11.6. The largest absolute Gasteiger partial charge is 0.356 e. The summed E-state index contributed by atoms with van der Waals surface area (Å²) < 4.78 is 0. The molecule has 2 aromatic rings. The maximum absolute atomic E-state index is 4.64. The predicted octanol–water partition coefficient (Wildman–Crippen LogP) is 4.38. The normalized spacial score (nSPS) is 15.7. The van der Waals surface area contributed by atoms with E-state index in [1.807, 2.05) is 6.92 Å². The molecular formula is C19H26N4. The van der Waals surface area contributed by atoms with E-state index in [1.54, 1.807) is 0 Å². The van der Waals surface area contributed by atoms with Crippen molar-refractivity contribution in [2.24, 2.45) is 5.92 Å². The number of hydrogen-bond donors (Lipinski definition) is 1. The Kier molecular flexibility index (Phi) is 4.51. The fourth-order valence-corrected chi connectivity index (χ4v) is 3.11. The Labute approximate surface area is 139 Å². The maximum Gasteiger partial charge on any atom is 0.136 e. The lowest BCUT2D eigenvalue weighted by Gasteiger charge is -2.31. The molecule has 0 bridgehead atoms. The lowest BCUT2D eigenvalue weighted by molar-refractivity contribution is 0.436. The molecule has 0 amide bonds. The number of aryl methyl sites for hydroxylation is 3. The number of piperidine rings is 1. The molecule has 1 N–H and O–H groups in total. The van der Waals surface area contributed by atoms with Crippen molar-refractivity contribution in [3.63, 3.8) is 0 Å². The molecule has 1 saturated heterocycles. The Morgan fingerprint density at radius 3 is 2.48 bits per heavy atom. The molecule has 0 saturated carbocycles. The number of nitrogens with zero attached hydrogens (tertiary/aromatic N) is 3. The number of aromatic nitrogens is 2. The number of hydrogen-bond acceptors (Lipinski definition) is 4. The van der Waals surface area contributed by atoms with Crippen molar-refractivity contribution in [1.29, 1.82) is 0 Å². The van der Waals surface area contributed by atoms with Gasteiger partial charge in [-0.1, -0.05) is 24.6 Å². The Morgan fingerprint density at radius 1 is 1.04 bits per heavy atom. The molecule has 1 aromatic heterocycles. The molecule has 23 heavy (non-hydrogen) atoms. The van der Waals surface area contributed by atoms with Crippen LogP contribution in [0.3, 0.4) is 0 Å². The molecule has 1 fully saturated rings. The van der Waals surface area contributed by atoms with Crippen molar-refractivity contribution < 1.29 is 0 Å². The predicted molar refractivity (Wildman–Crippen MR) is 96.6 cm³/mol. The first kappa shape index (κ1) is 15.8. The van der Waals surface area contributed by atoms with Crippen LogP contribution < -0.4 is 10.2 Å². The standard InChI is InChI=1S/C19H26N4/c1-13-7-9-23(10-8-13)19-12-18(20-16(4)21-19)22-17-6-5-14(2)11-15(17)3/h5-6,11-13H,7-10H2,1-4H3,(H,20,21,22). The topological polar surface area (TPSA) is 41.0 Å². The number of benzene rings is 1. The highest BCUT2D eigenvalue weighted by Gasteiger charge is 2.18. The van der Waals surface area contributed by atoms with Crippen molar-refractivity contribution in [3.8, 4) is 0 Å². The Morgan fingerprint density at radius 2 is 1.78 bits per heavy atom. The van der Waals surface area contributed by atoms with E-state index in [0.717, 1.165) is 42.2 Å². The number of nitrogens with one attached hydrogen (secondary N) is 1. The number of anilines is 3. The van der Waals surface area contributed by atoms with Gasteiger partial charge in [0.25, 0.3) is 0 Å². The highest BCUT2D eigenvalue weighted by atomic mass is 15.2. The van der Waals surface area contributed by atoms with Crippen LogP contribution in [0, 0.1) is 26.7 Å². The second-order valence-corrected chi connectivity index (χ2v) is 6.77. The number of rotatable bonds is 3. The summed E-state index contributed by atoms with van der Waals surface area (Å²) in [5, 5.41) is 3.45. The third-order valence-corrected chi connectivity index (χ3v) is 4.58. The van der Waals surface area contributed by atoms with Crippen LogP contribution in [0.5, 0.6) is 0 Å². The van der Waals surface area contributed by atoms with Gasteiger partial charge in [0.05, 0.1) is 0 Å². The van der Waals surface area contributed by atoms with Gasteiger partial charge in [0.2, 0.25) is 0 Å². The molecule has 0 unspecified atom stereocenters. The first-order valence-electron chi connectivity index (χ1n) is 8.46. The second-order valence-electron chi connectivity index (χ2n) is 6.77. The lowest BCUT2D eigenvalue weighted by atomic mass is 9.99. The molecule has 2 heterocycles. The van der Waals surface area contributed by atoms with Gasteiger partial charge < -0.3 is 10.2 Å². The molecule has 4 heteroatoms. The van der Waals surface area contributed by atoms with Crippen LogP contribution >= 0.6 is 0 Å². The van der Waals surface area contributed by atoms with Crippen LogP contribution in [0.2, 0.25) is 0 Å². The van der Waals surface area contributed by atoms with Gasteiger partial charge >= 0.3 is 0 Å².